The summed E-state index contributed by atoms with van der Waals surface area (Å²) in [4.78, 5) is 42.3. The average molecular weight is 499 g/mol. The first kappa shape index (κ1) is 24.9. The van der Waals surface area contributed by atoms with Crippen molar-refractivity contribution in [1.29, 1.82) is 0 Å². The maximum atomic E-state index is 13.5. The van der Waals surface area contributed by atoms with Gasteiger partial charge >= 0.3 is 0 Å². The number of amides is 2. The van der Waals surface area contributed by atoms with Crippen molar-refractivity contribution in [1.82, 2.24) is 30.3 Å². The predicted octanol–water partition coefficient (Wildman–Crippen LogP) is 2.78. The molecule has 2 amide bonds. The molecule has 0 bridgehead atoms. The summed E-state index contributed by atoms with van der Waals surface area (Å²) < 4.78 is 5.38. The zero-order valence-electron chi connectivity index (χ0n) is 20.4. The Labute approximate surface area is 207 Å². The lowest BCUT2D eigenvalue weighted by Crippen LogP contribution is -2.48. The van der Waals surface area contributed by atoms with Crippen molar-refractivity contribution in [2.45, 2.75) is 65.1 Å². The molecule has 1 saturated heterocycles. The van der Waals surface area contributed by atoms with Crippen molar-refractivity contribution in [3.05, 3.63) is 46.8 Å². The Balaban J connectivity index is 1.47. The number of aliphatic hydroxyl groups excluding tert-OH is 1. The van der Waals surface area contributed by atoms with Crippen molar-refractivity contribution in [2.24, 2.45) is 5.92 Å². The second kappa shape index (κ2) is 10.2. The molecule has 1 fully saturated rings. The number of thiazole rings is 1. The number of nitrogens with zero attached hydrogens (tertiary/aromatic N) is 5. The molecule has 2 N–H and O–H groups in total. The normalized spacial score (nSPS) is 19.7. The molecular weight excluding hydrogens is 468 g/mol. The quantitative estimate of drug-likeness (QED) is 0.508. The summed E-state index contributed by atoms with van der Waals surface area (Å²) in [5.41, 5.74) is 4.66. The third kappa shape index (κ3) is 5.25. The maximum Gasteiger partial charge on any atom is 0.243 e. The van der Waals surface area contributed by atoms with Gasteiger partial charge < -0.3 is 19.8 Å². The van der Waals surface area contributed by atoms with Crippen molar-refractivity contribution in [3.8, 4) is 10.6 Å². The van der Waals surface area contributed by atoms with E-state index < -0.39 is 24.1 Å². The van der Waals surface area contributed by atoms with Crippen LogP contribution < -0.4 is 5.32 Å². The van der Waals surface area contributed by atoms with Gasteiger partial charge in [0.05, 0.1) is 52.0 Å². The summed E-state index contributed by atoms with van der Waals surface area (Å²) in [6.45, 7) is 9.44. The molecule has 186 valence electrons. The molecule has 1 aliphatic heterocycles. The average Bonchev–Trinajstić information content (AvgIpc) is 3.53. The number of nitrogens with one attached hydrogen (secondary N) is 1. The monoisotopic (exact) mass is 498 g/mol. The summed E-state index contributed by atoms with van der Waals surface area (Å²) in [6.07, 6.45) is 2.68. The van der Waals surface area contributed by atoms with E-state index in [4.69, 9.17) is 4.52 Å². The number of likely N-dealkylation sites (tertiary alicyclic amines) is 1. The molecule has 0 spiro atoms. The van der Waals surface area contributed by atoms with Gasteiger partial charge in [0.1, 0.15) is 23.4 Å². The van der Waals surface area contributed by atoms with Gasteiger partial charge in [-0.1, -0.05) is 19.0 Å². The van der Waals surface area contributed by atoms with E-state index in [0.717, 1.165) is 16.3 Å². The first-order valence-corrected chi connectivity index (χ1v) is 12.5. The molecular formula is C24H30N6O4S. The van der Waals surface area contributed by atoms with Crippen LogP contribution in [0.1, 0.15) is 62.0 Å². The highest BCUT2D eigenvalue weighted by atomic mass is 32.1. The lowest BCUT2D eigenvalue weighted by Gasteiger charge is -2.29. The minimum Gasteiger partial charge on any atom is -0.391 e. The van der Waals surface area contributed by atoms with Gasteiger partial charge in [-0.25, -0.2) is 4.98 Å². The van der Waals surface area contributed by atoms with Crippen LogP contribution in [0.4, 0.5) is 0 Å². The van der Waals surface area contributed by atoms with Crippen molar-refractivity contribution in [3.63, 3.8) is 0 Å². The molecule has 11 heteroatoms. The molecule has 0 saturated carbocycles. The standard InChI is InChI=1S/C24H30N6O4S/c1-12(2)21(20-6-13(3)29-34-20)24(33)30-10-16(31)7-19(30)23(32)28-14(4)17-8-26-18(9-25-17)22-15(5)27-11-35-22/h6,8-9,11-12,14,16,19,21,31H,7,10H2,1-5H3,(H,28,32)/t14-,16+,19-,21+/m0/s1. The number of rotatable bonds is 7. The van der Waals surface area contributed by atoms with Crippen LogP contribution in [0.3, 0.4) is 0 Å². The van der Waals surface area contributed by atoms with Gasteiger partial charge in [0.2, 0.25) is 11.8 Å². The van der Waals surface area contributed by atoms with Gasteiger partial charge in [0.15, 0.2) is 0 Å². The molecule has 4 rings (SSSR count). The highest BCUT2D eigenvalue weighted by Gasteiger charge is 2.43. The third-order valence-corrected chi connectivity index (χ3v) is 7.15. The number of aromatic nitrogens is 4. The van der Waals surface area contributed by atoms with E-state index in [2.05, 4.69) is 25.4 Å². The molecule has 0 unspecified atom stereocenters. The Hall–Kier alpha value is -3.18. The van der Waals surface area contributed by atoms with Crippen LogP contribution in [0, 0.1) is 19.8 Å². The zero-order chi connectivity index (χ0) is 25.3. The highest BCUT2D eigenvalue weighted by molar-refractivity contribution is 7.13. The maximum absolute atomic E-state index is 13.5. The number of aliphatic hydroxyl groups is 1. The fraction of sp³-hybridized carbons (Fsp3) is 0.500. The molecule has 0 aromatic carbocycles. The van der Waals surface area contributed by atoms with Gasteiger partial charge in [0.25, 0.3) is 0 Å². The molecule has 3 aromatic heterocycles. The number of carbonyl (C=O) groups is 2. The molecule has 1 aliphatic rings. The predicted molar refractivity (Wildman–Crippen MR) is 129 cm³/mol. The Morgan fingerprint density at radius 1 is 1.20 bits per heavy atom. The van der Waals surface area contributed by atoms with Gasteiger partial charge in [0, 0.05) is 19.0 Å². The number of hydrogen-bond acceptors (Lipinski definition) is 9. The number of carbonyl (C=O) groups excluding carboxylic acids is 2. The molecule has 35 heavy (non-hydrogen) atoms. The lowest BCUT2D eigenvalue weighted by molar-refractivity contribution is -0.141. The summed E-state index contributed by atoms with van der Waals surface area (Å²) in [7, 11) is 0. The molecule has 3 aromatic rings. The van der Waals surface area contributed by atoms with Gasteiger partial charge in [-0.15, -0.1) is 11.3 Å². The van der Waals surface area contributed by atoms with E-state index in [1.165, 1.54) is 16.2 Å². The first-order valence-electron chi connectivity index (χ1n) is 11.6. The smallest absolute Gasteiger partial charge is 0.243 e. The fourth-order valence-electron chi connectivity index (χ4n) is 4.36. The Bertz CT molecular complexity index is 1190. The second-order valence-electron chi connectivity index (χ2n) is 9.31. The lowest BCUT2D eigenvalue weighted by atomic mass is 9.91. The van der Waals surface area contributed by atoms with Crippen LogP contribution in [0.2, 0.25) is 0 Å². The van der Waals surface area contributed by atoms with Crippen LogP contribution in [-0.2, 0) is 9.59 Å². The minimum absolute atomic E-state index is 0.0776. The summed E-state index contributed by atoms with van der Waals surface area (Å²) in [6, 6.07) is 0.513. The van der Waals surface area contributed by atoms with E-state index in [1.807, 2.05) is 27.7 Å². The minimum atomic E-state index is -0.794. The Morgan fingerprint density at radius 2 is 1.97 bits per heavy atom. The van der Waals surface area contributed by atoms with Crippen molar-refractivity contribution >= 4 is 23.2 Å². The number of β-amino-alcohol motifs (C(OH)–C–C–N with tert-alkyl or cyclic N) is 1. The SMILES string of the molecule is Cc1cc([C@H](C(=O)N2C[C@H](O)C[C@H]2C(=O)N[C@@H](C)c2cnc(-c3scnc3C)cn2)C(C)C)on1. The Morgan fingerprint density at radius 3 is 2.54 bits per heavy atom. The van der Waals surface area contributed by atoms with E-state index in [0.29, 0.717) is 17.1 Å². The van der Waals surface area contributed by atoms with Crippen molar-refractivity contribution in [2.75, 3.05) is 6.54 Å². The highest BCUT2D eigenvalue weighted by Crippen LogP contribution is 2.31. The Kier molecular flexibility index (Phi) is 7.27. The molecule has 4 heterocycles. The number of hydrogen-bond donors (Lipinski definition) is 2. The summed E-state index contributed by atoms with van der Waals surface area (Å²) >= 11 is 1.50. The van der Waals surface area contributed by atoms with Crippen LogP contribution in [0.15, 0.2) is 28.5 Å². The van der Waals surface area contributed by atoms with Crippen LogP contribution >= 0.6 is 11.3 Å². The number of aryl methyl sites for hydroxylation is 2. The van der Waals surface area contributed by atoms with Gasteiger partial charge in [-0.3, -0.25) is 19.6 Å². The topological polar surface area (TPSA) is 134 Å². The fourth-order valence-corrected chi connectivity index (χ4v) is 5.13. The largest absolute Gasteiger partial charge is 0.391 e. The van der Waals surface area contributed by atoms with Crippen LogP contribution in [0.5, 0.6) is 0 Å². The van der Waals surface area contributed by atoms with Gasteiger partial charge in [-0.05, 0) is 26.7 Å². The summed E-state index contributed by atoms with van der Waals surface area (Å²) in [5.74, 6) is -0.815. The van der Waals surface area contributed by atoms with Crippen LogP contribution in [-0.4, -0.2) is 60.6 Å². The van der Waals surface area contributed by atoms with Gasteiger partial charge in [-0.2, -0.15) is 0 Å². The molecule has 10 nitrogen and oxygen atoms in total. The van der Waals surface area contributed by atoms with Crippen LogP contribution in [0.25, 0.3) is 10.6 Å². The third-order valence-electron chi connectivity index (χ3n) is 6.20. The first-order chi connectivity index (χ1) is 16.7. The zero-order valence-corrected chi connectivity index (χ0v) is 21.2. The molecule has 0 radical (unpaired) electrons. The second-order valence-corrected chi connectivity index (χ2v) is 10.2. The van der Waals surface area contributed by atoms with E-state index in [-0.39, 0.29) is 30.7 Å². The van der Waals surface area contributed by atoms with E-state index in [1.54, 1.807) is 30.9 Å². The van der Waals surface area contributed by atoms with Crippen molar-refractivity contribution < 1.29 is 19.2 Å². The van der Waals surface area contributed by atoms with E-state index >= 15 is 0 Å². The summed E-state index contributed by atoms with van der Waals surface area (Å²) in [5, 5.41) is 17.2. The van der Waals surface area contributed by atoms with E-state index in [9.17, 15) is 14.7 Å². The molecule has 0 aliphatic carbocycles. The molecule has 4 atom stereocenters.